The second-order valence-electron chi connectivity index (χ2n) is 5.63. The monoisotopic (exact) mass is 294 g/mol. The van der Waals surface area contributed by atoms with Crippen LogP contribution in [-0.4, -0.2) is 24.9 Å². The van der Waals surface area contributed by atoms with E-state index >= 15 is 0 Å². The molecule has 1 heterocycles. The minimum atomic E-state index is -0.0133. The number of carbonyl (C=O) groups excluding carboxylic acids is 2. The van der Waals surface area contributed by atoms with Crippen molar-refractivity contribution in [1.82, 2.24) is 10.6 Å². The molecule has 1 fully saturated rings. The first-order valence-electron chi connectivity index (χ1n) is 7.10. The maximum Gasteiger partial charge on any atom is 0.223 e. The lowest BCUT2D eigenvalue weighted by atomic mass is 10.2. The van der Waals surface area contributed by atoms with Crippen molar-refractivity contribution >= 4 is 23.2 Å². The van der Waals surface area contributed by atoms with Crippen molar-refractivity contribution in [2.45, 2.75) is 33.1 Å². The smallest absolute Gasteiger partial charge is 0.223 e. The van der Waals surface area contributed by atoms with Gasteiger partial charge in [0.05, 0.1) is 0 Å². The summed E-state index contributed by atoms with van der Waals surface area (Å²) in [6.07, 6.45) is 0.949. The molecule has 1 saturated carbocycles. The van der Waals surface area contributed by atoms with Gasteiger partial charge in [-0.2, -0.15) is 0 Å². The van der Waals surface area contributed by atoms with E-state index in [9.17, 15) is 9.59 Å². The molecule has 0 bridgehead atoms. The maximum absolute atomic E-state index is 12.0. The molecule has 0 aliphatic heterocycles. The topological polar surface area (TPSA) is 58.2 Å². The number of rotatable bonds is 6. The molecule has 0 spiro atoms. The van der Waals surface area contributed by atoms with Gasteiger partial charge in [-0.3, -0.25) is 9.59 Å². The van der Waals surface area contributed by atoms with Gasteiger partial charge in [0.2, 0.25) is 11.8 Å². The molecule has 1 aromatic rings. The summed E-state index contributed by atoms with van der Waals surface area (Å²) in [5, 5.41) is 5.69. The zero-order chi connectivity index (χ0) is 14.7. The molecule has 1 aliphatic rings. The molecule has 5 heteroatoms. The zero-order valence-corrected chi connectivity index (χ0v) is 13.0. The molecule has 0 unspecified atom stereocenters. The fourth-order valence-corrected chi connectivity index (χ4v) is 3.21. The molecule has 0 saturated heterocycles. The number of nitrogens with one attached hydrogen (secondary N) is 2. The minimum Gasteiger partial charge on any atom is -0.354 e. The minimum absolute atomic E-state index is 0.0133. The van der Waals surface area contributed by atoms with E-state index in [1.165, 1.54) is 9.75 Å². The molecular formula is C15H22N2O2S. The van der Waals surface area contributed by atoms with Gasteiger partial charge in [0, 0.05) is 40.6 Å². The van der Waals surface area contributed by atoms with Crippen LogP contribution in [0, 0.1) is 18.8 Å². The van der Waals surface area contributed by atoms with Crippen molar-refractivity contribution in [3.63, 3.8) is 0 Å². The van der Waals surface area contributed by atoms with Crippen molar-refractivity contribution in [3.05, 3.63) is 21.9 Å². The molecule has 0 radical (unpaired) electrons. The Kier molecular flexibility index (Phi) is 4.81. The van der Waals surface area contributed by atoms with Gasteiger partial charge in [0.25, 0.3) is 0 Å². The highest BCUT2D eigenvalue weighted by Gasteiger charge is 2.44. The van der Waals surface area contributed by atoms with Crippen LogP contribution < -0.4 is 10.6 Å². The molecule has 20 heavy (non-hydrogen) atoms. The Morgan fingerprint density at radius 3 is 2.60 bits per heavy atom. The molecular weight excluding hydrogens is 272 g/mol. The van der Waals surface area contributed by atoms with Gasteiger partial charge in [0.15, 0.2) is 0 Å². The van der Waals surface area contributed by atoms with Crippen LogP contribution in [0.25, 0.3) is 0 Å². The van der Waals surface area contributed by atoms with Crippen LogP contribution in [-0.2, 0) is 9.59 Å². The number of thiophene rings is 1. The fourth-order valence-electron chi connectivity index (χ4n) is 2.16. The van der Waals surface area contributed by atoms with Gasteiger partial charge in [-0.25, -0.2) is 0 Å². The summed E-state index contributed by atoms with van der Waals surface area (Å²) in [5.74, 6) is 0.644. The van der Waals surface area contributed by atoms with E-state index in [1.54, 1.807) is 11.3 Å². The number of aryl methyl sites for hydroxylation is 1. The first kappa shape index (κ1) is 15.0. The quantitative estimate of drug-likeness (QED) is 0.789. The van der Waals surface area contributed by atoms with E-state index in [0.717, 1.165) is 6.42 Å². The lowest BCUT2D eigenvalue weighted by molar-refractivity contribution is -0.125. The summed E-state index contributed by atoms with van der Waals surface area (Å²) in [6, 6.07) is 4.23. The maximum atomic E-state index is 12.0. The Balaban J connectivity index is 1.66. The summed E-state index contributed by atoms with van der Waals surface area (Å²) < 4.78 is 0. The first-order chi connectivity index (χ1) is 9.49. The highest BCUT2D eigenvalue weighted by Crippen LogP contribution is 2.49. The van der Waals surface area contributed by atoms with Gasteiger partial charge in [-0.15, -0.1) is 11.3 Å². The summed E-state index contributed by atoms with van der Waals surface area (Å²) in [7, 11) is 0. The largest absolute Gasteiger partial charge is 0.354 e. The molecule has 1 aromatic heterocycles. The predicted molar refractivity (Wildman–Crippen MR) is 80.8 cm³/mol. The Morgan fingerprint density at radius 1 is 1.30 bits per heavy atom. The Morgan fingerprint density at radius 2 is 2.00 bits per heavy atom. The number of carbonyl (C=O) groups is 2. The lowest BCUT2D eigenvalue weighted by Gasteiger charge is -2.08. The molecule has 2 atom stereocenters. The second kappa shape index (κ2) is 6.39. The molecule has 2 amide bonds. The summed E-state index contributed by atoms with van der Waals surface area (Å²) in [6.45, 7) is 6.79. The molecule has 110 valence electrons. The summed E-state index contributed by atoms with van der Waals surface area (Å²) >= 11 is 1.78. The third-order valence-electron chi connectivity index (χ3n) is 3.50. The standard InChI is InChI=1S/C15H22N2O2S/c1-9(2)14(18)16-6-7-17-15(19)12-8-11(12)13-5-4-10(3)20-13/h4-5,9,11-12H,6-8H2,1-3H3,(H,16,18)(H,17,19)/t11-,12-/m0/s1. The van der Waals surface area contributed by atoms with E-state index in [4.69, 9.17) is 0 Å². The van der Waals surface area contributed by atoms with Crippen molar-refractivity contribution < 1.29 is 9.59 Å². The van der Waals surface area contributed by atoms with Gasteiger partial charge in [-0.1, -0.05) is 13.8 Å². The highest BCUT2D eigenvalue weighted by molar-refractivity contribution is 7.12. The van der Waals surface area contributed by atoms with Crippen LogP contribution in [0.5, 0.6) is 0 Å². The second-order valence-corrected chi connectivity index (χ2v) is 6.95. The molecule has 2 rings (SSSR count). The van der Waals surface area contributed by atoms with Gasteiger partial charge >= 0.3 is 0 Å². The van der Waals surface area contributed by atoms with Gasteiger partial charge < -0.3 is 10.6 Å². The third kappa shape index (κ3) is 3.82. The normalized spacial score (nSPS) is 20.8. The van der Waals surface area contributed by atoms with Crippen LogP contribution >= 0.6 is 11.3 Å². The van der Waals surface area contributed by atoms with Crippen molar-refractivity contribution in [3.8, 4) is 0 Å². The van der Waals surface area contributed by atoms with Crippen LogP contribution in [0.4, 0.5) is 0 Å². The van der Waals surface area contributed by atoms with E-state index in [1.807, 2.05) is 13.8 Å². The Hall–Kier alpha value is -1.36. The molecule has 1 aliphatic carbocycles. The average molecular weight is 294 g/mol. The van der Waals surface area contributed by atoms with Crippen molar-refractivity contribution in [2.24, 2.45) is 11.8 Å². The van der Waals surface area contributed by atoms with Crippen molar-refractivity contribution in [2.75, 3.05) is 13.1 Å². The van der Waals surface area contributed by atoms with Crippen LogP contribution in [0.1, 0.15) is 35.9 Å². The Bertz CT molecular complexity index is 496. The zero-order valence-electron chi connectivity index (χ0n) is 12.2. The lowest BCUT2D eigenvalue weighted by Crippen LogP contribution is -2.37. The Labute approximate surface area is 124 Å². The number of hydrogen-bond acceptors (Lipinski definition) is 3. The summed E-state index contributed by atoms with van der Waals surface area (Å²) in [5.41, 5.74) is 0. The van der Waals surface area contributed by atoms with Crippen LogP contribution in [0.3, 0.4) is 0 Å². The third-order valence-corrected chi connectivity index (χ3v) is 4.63. The van der Waals surface area contributed by atoms with E-state index in [-0.39, 0.29) is 23.7 Å². The fraction of sp³-hybridized carbons (Fsp3) is 0.600. The predicted octanol–water partition coefficient (Wildman–Crippen LogP) is 2.05. The van der Waals surface area contributed by atoms with Crippen LogP contribution in [0.15, 0.2) is 12.1 Å². The number of amides is 2. The highest BCUT2D eigenvalue weighted by atomic mass is 32.1. The van der Waals surface area contributed by atoms with Crippen LogP contribution in [0.2, 0.25) is 0 Å². The van der Waals surface area contributed by atoms with Crippen molar-refractivity contribution in [1.29, 1.82) is 0 Å². The average Bonchev–Trinajstić information content (AvgIpc) is 3.09. The molecule has 4 nitrogen and oxygen atoms in total. The summed E-state index contributed by atoms with van der Waals surface area (Å²) in [4.78, 5) is 25.9. The van der Waals surface area contributed by atoms with Gasteiger partial charge in [0.1, 0.15) is 0 Å². The van der Waals surface area contributed by atoms with E-state index in [2.05, 4.69) is 29.7 Å². The first-order valence-corrected chi connectivity index (χ1v) is 7.92. The van der Waals surface area contributed by atoms with Gasteiger partial charge in [-0.05, 0) is 25.5 Å². The van der Waals surface area contributed by atoms with E-state index in [0.29, 0.717) is 19.0 Å². The van der Waals surface area contributed by atoms with E-state index < -0.39 is 0 Å². The SMILES string of the molecule is Cc1ccc([C@H]2C[C@@H]2C(=O)NCCNC(=O)C(C)C)s1. The molecule has 0 aromatic carbocycles. The molecule has 2 N–H and O–H groups in total. The number of hydrogen-bond donors (Lipinski definition) is 2.